The molecule has 0 heterocycles. The molecule has 0 rings (SSSR count). The number of aliphatic hydroxyl groups is 1. The number of hydrogen-bond acceptors (Lipinski definition) is 4. The van der Waals surface area contributed by atoms with Crippen molar-refractivity contribution in [1.29, 1.82) is 0 Å². The van der Waals surface area contributed by atoms with Crippen LogP contribution in [0.25, 0.3) is 0 Å². The lowest BCUT2D eigenvalue weighted by atomic mass is 10.3. The van der Waals surface area contributed by atoms with Crippen LogP contribution in [0.2, 0.25) is 0 Å². The van der Waals surface area contributed by atoms with Gasteiger partial charge in [-0.2, -0.15) is 0 Å². The van der Waals surface area contributed by atoms with E-state index in [0.717, 1.165) is 0 Å². The predicted molar refractivity (Wildman–Crippen MR) is 40.7 cm³/mol. The number of carbonyl (C=O) groups excluding carboxylic acids is 1. The maximum atomic E-state index is 10.6. The van der Waals surface area contributed by atoms with Crippen LogP contribution in [0, 0.1) is 5.21 Å². The van der Waals surface area contributed by atoms with Crippen molar-refractivity contribution in [2.45, 2.75) is 19.4 Å². The molecule has 1 unspecified atom stereocenters. The Morgan fingerprint density at radius 3 is 2.73 bits per heavy atom. The molecule has 0 radical (unpaired) electrons. The molecule has 0 saturated carbocycles. The Balaban J connectivity index is 3.18. The Morgan fingerprint density at radius 1 is 1.64 bits per heavy atom. The van der Waals surface area contributed by atoms with E-state index < -0.39 is 12.0 Å². The molecule has 1 amide bonds. The van der Waals surface area contributed by atoms with E-state index in [9.17, 15) is 10.0 Å². The molecular formula is C6H13N2O3-. The van der Waals surface area contributed by atoms with Crippen molar-refractivity contribution in [3.05, 3.63) is 5.21 Å². The molecule has 0 aromatic heterocycles. The number of aliphatic hydroxyl groups excluding tert-OH is 1. The number of nitrogens with one attached hydrogen (secondary N) is 2. The summed E-state index contributed by atoms with van der Waals surface area (Å²) in [6, 6.07) is 0. The van der Waals surface area contributed by atoms with E-state index >= 15 is 0 Å². The highest BCUT2D eigenvalue weighted by Crippen LogP contribution is 1.79. The minimum atomic E-state index is -0.977. The van der Waals surface area contributed by atoms with Gasteiger partial charge in [-0.05, 0) is 19.9 Å². The van der Waals surface area contributed by atoms with Crippen molar-refractivity contribution in [3.63, 3.8) is 0 Å². The topological polar surface area (TPSA) is 84.4 Å². The molecule has 3 N–H and O–H groups in total. The maximum Gasteiger partial charge on any atom is 0.248 e. The lowest BCUT2D eigenvalue weighted by Gasteiger charge is -2.08. The van der Waals surface area contributed by atoms with E-state index in [2.05, 4.69) is 5.32 Å². The van der Waals surface area contributed by atoms with Crippen LogP contribution < -0.4 is 10.8 Å². The van der Waals surface area contributed by atoms with Gasteiger partial charge in [0.15, 0.2) is 0 Å². The van der Waals surface area contributed by atoms with Gasteiger partial charge in [0.05, 0.1) is 0 Å². The fourth-order valence-corrected chi connectivity index (χ4v) is 0.520. The average molecular weight is 161 g/mol. The number of rotatable bonds is 5. The number of hydroxylamine groups is 1. The number of carbonyl (C=O) groups is 1. The first-order chi connectivity index (χ1) is 5.18. The lowest BCUT2D eigenvalue weighted by Crippen LogP contribution is -2.33. The van der Waals surface area contributed by atoms with Crippen molar-refractivity contribution in [2.75, 3.05) is 13.1 Å². The Morgan fingerprint density at radius 2 is 2.27 bits per heavy atom. The molecule has 0 aromatic carbocycles. The van der Waals surface area contributed by atoms with E-state index in [4.69, 9.17) is 5.11 Å². The highest BCUT2D eigenvalue weighted by Gasteiger charge is 2.05. The van der Waals surface area contributed by atoms with Crippen LogP contribution in [0.4, 0.5) is 0 Å². The van der Waals surface area contributed by atoms with Gasteiger partial charge in [0.25, 0.3) is 0 Å². The number of hydrogen-bond donors (Lipinski definition) is 3. The highest BCUT2D eigenvalue weighted by atomic mass is 16.5. The Bertz CT molecular complexity index is 116. The first-order valence-electron chi connectivity index (χ1n) is 3.49. The van der Waals surface area contributed by atoms with Gasteiger partial charge in [-0.25, -0.2) is 0 Å². The summed E-state index contributed by atoms with van der Waals surface area (Å²) < 4.78 is 0. The van der Waals surface area contributed by atoms with E-state index in [1.54, 1.807) is 5.48 Å². The molecule has 0 spiro atoms. The molecule has 0 saturated heterocycles. The van der Waals surface area contributed by atoms with Crippen molar-refractivity contribution in [3.8, 4) is 0 Å². The standard InChI is InChI=1S/C6H13N2O3/c1-5(9)6(10)7-3-2-4-8-11/h5,8-9H,2-4H2,1H3,(H,7,10)/q-1. The average Bonchev–Trinajstić information content (AvgIpc) is 1.97. The quantitative estimate of drug-likeness (QED) is 0.355. The summed E-state index contributed by atoms with van der Waals surface area (Å²) in [5, 5.41) is 20.8. The van der Waals surface area contributed by atoms with Crippen LogP contribution in [0.5, 0.6) is 0 Å². The first kappa shape index (κ1) is 10.3. The third-order valence-corrected chi connectivity index (χ3v) is 1.13. The van der Waals surface area contributed by atoms with Gasteiger partial charge in [-0.1, -0.05) is 0 Å². The molecule has 1 atom stereocenters. The van der Waals surface area contributed by atoms with Crippen LogP contribution in [-0.2, 0) is 4.79 Å². The zero-order valence-electron chi connectivity index (χ0n) is 6.46. The summed E-state index contributed by atoms with van der Waals surface area (Å²) in [6.07, 6.45) is -0.405. The van der Waals surface area contributed by atoms with Gasteiger partial charge < -0.3 is 21.1 Å². The summed E-state index contributed by atoms with van der Waals surface area (Å²) >= 11 is 0. The second kappa shape index (κ2) is 6.09. The van der Waals surface area contributed by atoms with Gasteiger partial charge in [-0.3, -0.25) is 4.79 Å². The fraction of sp³-hybridized carbons (Fsp3) is 0.833. The zero-order valence-corrected chi connectivity index (χ0v) is 6.46. The molecule has 5 nitrogen and oxygen atoms in total. The lowest BCUT2D eigenvalue weighted by molar-refractivity contribution is -0.128. The van der Waals surface area contributed by atoms with Crippen LogP contribution in [0.1, 0.15) is 13.3 Å². The van der Waals surface area contributed by atoms with Gasteiger partial charge in [0.2, 0.25) is 5.91 Å². The summed E-state index contributed by atoms with van der Waals surface area (Å²) in [4.78, 5) is 10.6. The Labute approximate surface area is 65.4 Å². The molecule has 0 aromatic rings. The summed E-state index contributed by atoms with van der Waals surface area (Å²) in [6.45, 7) is 2.13. The summed E-state index contributed by atoms with van der Waals surface area (Å²) in [5.41, 5.74) is 1.71. The second-order valence-corrected chi connectivity index (χ2v) is 2.21. The normalized spacial score (nSPS) is 12.6. The molecule has 0 fully saturated rings. The van der Waals surface area contributed by atoms with Crippen LogP contribution in [0.15, 0.2) is 0 Å². The molecule has 0 aliphatic carbocycles. The zero-order chi connectivity index (χ0) is 8.69. The highest BCUT2D eigenvalue weighted by molar-refractivity contribution is 5.79. The monoisotopic (exact) mass is 161 g/mol. The molecular weight excluding hydrogens is 148 g/mol. The van der Waals surface area contributed by atoms with E-state index in [1.165, 1.54) is 6.92 Å². The second-order valence-electron chi connectivity index (χ2n) is 2.21. The van der Waals surface area contributed by atoms with E-state index in [-0.39, 0.29) is 0 Å². The molecule has 11 heavy (non-hydrogen) atoms. The number of amides is 1. The van der Waals surface area contributed by atoms with Crippen molar-refractivity contribution < 1.29 is 9.90 Å². The Hall–Kier alpha value is -0.650. The van der Waals surface area contributed by atoms with Crippen molar-refractivity contribution >= 4 is 5.91 Å². The van der Waals surface area contributed by atoms with Crippen LogP contribution in [0.3, 0.4) is 0 Å². The van der Waals surface area contributed by atoms with Gasteiger partial charge in [0, 0.05) is 6.54 Å². The Kier molecular flexibility index (Phi) is 5.73. The van der Waals surface area contributed by atoms with Gasteiger partial charge in [-0.15, -0.1) is 0 Å². The van der Waals surface area contributed by atoms with Crippen LogP contribution >= 0.6 is 0 Å². The first-order valence-corrected chi connectivity index (χ1v) is 3.49. The van der Waals surface area contributed by atoms with Gasteiger partial charge >= 0.3 is 0 Å². The maximum absolute atomic E-state index is 10.6. The van der Waals surface area contributed by atoms with Crippen molar-refractivity contribution in [2.24, 2.45) is 0 Å². The van der Waals surface area contributed by atoms with Crippen molar-refractivity contribution in [1.82, 2.24) is 10.8 Å². The minimum absolute atomic E-state index is 0.320. The van der Waals surface area contributed by atoms with Gasteiger partial charge in [0.1, 0.15) is 6.10 Å². The summed E-state index contributed by atoms with van der Waals surface area (Å²) in [5.74, 6) is -0.407. The third-order valence-electron chi connectivity index (χ3n) is 1.13. The molecule has 5 heteroatoms. The molecule has 0 aliphatic rings. The van der Waals surface area contributed by atoms with E-state index in [0.29, 0.717) is 19.5 Å². The molecule has 66 valence electrons. The third kappa shape index (κ3) is 5.78. The minimum Gasteiger partial charge on any atom is -0.788 e. The summed E-state index contributed by atoms with van der Waals surface area (Å²) in [7, 11) is 0. The van der Waals surface area contributed by atoms with E-state index in [1.807, 2.05) is 0 Å². The predicted octanol–water partition coefficient (Wildman–Crippen LogP) is -1.04. The van der Waals surface area contributed by atoms with Crippen LogP contribution in [-0.4, -0.2) is 30.2 Å². The SMILES string of the molecule is CC(O)C(=O)NCCCN[O-]. The molecule has 0 bridgehead atoms. The largest absolute Gasteiger partial charge is 0.788 e. The fourth-order valence-electron chi connectivity index (χ4n) is 0.520. The smallest absolute Gasteiger partial charge is 0.248 e. The molecule has 0 aliphatic heterocycles.